The minimum atomic E-state index is -3.44. The lowest BCUT2D eigenvalue weighted by Gasteiger charge is -2.09. The Hall–Kier alpha value is -2.51. The summed E-state index contributed by atoms with van der Waals surface area (Å²) >= 11 is 1.34. The average Bonchev–Trinajstić information content (AvgIpc) is 3.12. The van der Waals surface area contributed by atoms with E-state index in [0.29, 0.717) is 5.13 Å². The van der Waals surface area contributed by atoms with Gasteiger partial charge in [-0.3, -0.25) is 10.1 Å². The lowest BCUT2D eigenvalue weighted by Crippen LogP contribution is -2.16. The topological polar surface area (TPSA) is 76.1 Å². The van der Waals surface area contributed by atoms with E-state index in [1.807, 2.05) is 31.4 Å². The number of hydrogen-bond acceptors (Lipinski definition) is 5. The zero-order valence-electron chi connectivity index (χ0n) is 16.2. The smallest absolute Gasteiger partial charge is 0.257 e. The van der Waals surface area contributed by atoms with Gasteiger partial charge in [0.2, 0.25) is 0 Å². The van der Waals surface area contributed by atoms with Crippen LogP contribution in [0.4, 0.5) is 5.13 Å². The van der Waals surface area contributed by atoms with E-state index in [-0.39, 0.29) is 16.4 Å². The average molecular weight is 415 g/mol. The van der Waals surface area contributed by atoms with Crippen molar-refractivity contribution in [2.24, 2.45) is 0 Å². The number of thiazole rings is 1. The van der Waals surface area contributed by atoms with Gasteiger partial charge in [0, 0.05) is 16.5 Å². The molecule has 0 unspecified atom stereocenters. The number of anilines is 1. The molecule has 0 fully saturated rings. The van der Waals surface area contributed by atoms with Gasteiger partial charge in [-0.15, -0.1) is 11.3 Å². The van der Waals surface area contributed by atoms with Crippen molar-refractivity contribution in [1.29, 1.82) is 0 Å². The number of carbonyl (C=O) groups excluding carboxylic acids is 1. The maximum absolute atomic E-state index is 12.6. The van der Waals surface area contributed by atoms with Crippen LogP contribution in [0.15, 0.2) is 52.7 Å². The summed E-state index contributed by atoms with van der Waals surface area (Å²) in [5.74, 6) is -0.386. The fourth-order valence-corrected chi connectivity index (χ4v) is 4.53. The number of aryl methyl sites for hydroxylation is 2. The first-order chi connectivity index (χ1) is 13.2. The third kappa shape index (κ3) is 4.15. The third-order valence-electron chi connectivity index (χ3n) is 4.44. The number of hydrogen-bond donors (Lipinski definition) is 1. The highest BCUT2D eigenvalue weighted by Crippen LogP contribution is 2.28. The van der Waals surface area contributed by atoms with Crippen molar-refractivity contribution in [2.45, 2.75) is 37.8 Å². The van der Waals surface area contributed by atoms with Gasteiger partial charge in [0.05, 0.1) is 15.8 Å². The van der Waals surface area contributed by atoms with Crippen LogP contribution in [0, 0.1) is 13.8 Å². The van der Waals surface area contributed by atoms with Crippen molar-refractivity contribution in [2.75, 3.05) is 5.32 Å². The third-order valence-corrected chi connectivity index (χ3v) is 7.35. The Morgan fingerprint density at radius 1 is 1.11 bits per heavy atom. The maximum atomic E-state index is 12.6. The number of aromatic nitrogens is 1. The second kappa shape index (κ2) is 7.85. The number of nitrogens with zero attached hydrogens (tertiary/aromatic N) is 1. The quantitative estimate of drug-likeness (QED) is 0.647. The Bertz CT molecular complexity index is 1130. The minimum Gasteiger partial charge on any atom is -0.298 e. The van der Waals surface area contributed by atoms with Gasteiger partial charge in [0.15, 0.2) is 15.0 Å². The molecule has 0 aliphatic heterocycles. The lowest BCUT2D eigenvalue weighted by atomic mass is 10.0. The molecule has 0 saturated carbocycles. The highest BCUT2D eigenvalue weighted by molar-refractivity contribution is 7.92. The number of rotatable bonds is 5. The van der Waals surface area contributed by atoms with Crippen molar-refractivity contribution in [1.82, 2.24) is 4.98 Å². The second-order valence-electron chi connectivity index (χ2n) is 6.93. The van der Waals surface area contributed by atoms with Crippen molar-refractivity contribution in [3.05, 3.63) is 64.5 Å². The van der Waals surface area contributed by atoms with Gasteiger partial charge >= 0.3 is 0 Å². The largest absolute Gasteiger partial charge is 0.298 e. The van der Waals surface area contributed by atoms with Gasteiger partial charge in [-0.2, -0.15) is 0 Å². The van der Waals surface area contributed by atoms with E-state index < -0.39 is 15.1 Å². The van der Waals surface area contributed by atoms with Gasteiger partial charge in [-0.1, -0.05) is 23.8 Å². The molecule has 1 N–H and O–H groups in total. The Labute approximate surface area is 169 Å². The molecule has 7 heteroatoms. The van der Waals surface area contributed by atoms with Crippen LogP contribution in [0.5, 0.6) is 0 Å². The van der Waals surface area contributed by atoms with E-state index in [1.165, 1.54) is 23.5 Å². The summed E-state index contributed by atoms with van der Waals surface area (Å²) in [7, 11) is -3.44. The summed E-state index contributed by atoms with van der Waals surface area (Å²) in [6, 6.07) is 12.2. The molecule has 1 heterocycles. The first kappa shape index (κ1) is 20.2. The summed E-state index contributed by atoms with van der Waals surface area (Å²) in [5, 5.41) is 4.58. The first-order valence-corrected chi connectivity index (χ1v) is 11.3. The van der Waals surface area contributed by atoms with Gasteiger partial charge < -0.3 is 0 Å². The molecule has 0 spiro atoms. The number of carbonyl (C=O) groups is 1. The van der Waals surface area contributed by atoms with E-state index in [0.717, 1.165) is 22.4 Å². The predicted octanol–water partition coefficient (Wildman–Crippen LogP) is 4.86. The number of sulfone groups is 1. The molecule has 28 heavy (non-hydrogen) atoms. The molecular formula is C21H22N2O3S2. The van der Waals surface area contributed by atoms with E-state index in [2.05, 4.69) is 16.4 Å². The van der Waals surface area contributed by atoms with Gasteiger partial charge in [-0.25, -0.2) is 13.4 Å². The van der Waals surface area contributed by atoms with E-state index in [9.17, 15) is 13.2 Å². The Morgan fingerprint density at radius 2 is 1.86 bits per heavy atom. The summed E-state index contributed by atoms with van der Waals surface area (Å²) in [6.45, 7) is 7.28. The SMILES string of the molecule is Cc1ccc(C)c(-c2csc(NC(=O)c3cccc(S(=O)(=O)C(C)C)c3)n2)c1. The van der Waals surface area contributed by atoms with Gasteiger partial charge in [0.1, 0.15) is 0 Å². The number of nitrogens with one attached hydrogen (secondary N) is 1. The van der Waals surface area contributed by atoms with Crippen LogP contribution in [0.1, 0.15) is 35.3 Å². The summed E-state index contributed by atoms with van der Waals surface area (Å²) in [6.07, 6.45) is 0. The van der Waals surface area contributed by atoms with Crippen LogP contribution in [0.3, 0.4) is 0 Å². The molecule has 146 valence electrons. The monoisotopic (exact) mass is 414 g/mol. The van der Waals surface area contributed by atoms with Crippen molar-refractivity contribution >= 4 is 32.2 Å². The van der Waals surface area contributed by atoms with Crippen LogP contribution in [0.25, 0.3) is 11.3 Å². The van der Waals surface area contributed by atoms with Crippen LogP contribution in [-0.2, 0) is 9.84 Å². The summed E-state index contributed by atoms with van der Waals surface area (Å²) < 4.78 is 24.7. The van der Waals surface area contributed by atoms with E-state index in [1.54, 1.807) is 26.0 Å². The van der Waals surface area contributed by atoms with Crippen molar-refractivity contribution in [3.8, 4) is 11.3 Å². The van der Waals surface area contributed by atoms with E-state index in [4.69, 9.17) is 0 Å². The molecule has 3 aromatic rings. The number of amides is 1. The molecule has 0 bridgehead atoms. The molecule has 0 aliphatic rings. The zero-order chi connectivity index (χ0) is 20.5. The molecule has 1 aromatic heterocycles. The summed E-state index contributed by atoms with van der Waals surface area (Å²) in [5.41, 5.74) is 4.37. The molecule has 0 atom stereocenters. The predicted molar refractivity (Wildman–Crippen MR) is 114 cm³/mol. The molecule has 2 aromatic carbocycles. The van der Waals surface area contributed by atoms with Crippen LogP contribution < -0.4 is 5.32 Å². The highest BCUT2D eigenvalue weighted by atomic mass is 32.2. The van der Waals surface area contributed by atoms with Crippen LogP contribution in [-0.4, -0.2) is 24.6 Å². The standard InChI is InChI=1S/C21H22N2O3S2/c1-13(2)28(25,26)17-7-5-6-16(11-17)20(24)23-21-22-19(12-27-21)18-10-14(3)8-9-15(18)4/h5-13H,1-4H3,(H,22,23,24). The van der Waals surface area contributed by atoms with Crippen LogP contribution in [0.2, 0.25) is 0 Å². The lowest BCUT2D eigenvalue weighted by molar-refractivity contribution is 0.102. The molecule has 0 aliphatic carbocycles. The molecular weight excluding hydrogens is 392 g/mol. The van der Waals surface area contributed by atoms with Crippen LogP contribution >= 0.6 is 11.3 Å². The maximum Gasteiger partial charge on any atom is 0.257 e. The van der Waals surface area contributed by atoms with Crippen molar-refractivity contribution < 1.29 is 13.2 Å². The molecule has 0 radical (unpaired) electrons. The molecule has 5 nitrogen and oxygen atoms in total. The first-order valence-electron chi connectivity index (χ1n) is 8.87. The normalized spacial score (nSPS) is 11.6. The second-order valence-corrected chi connectivity index (χ2v) is 10.3. The zero-order valence-corrected chi connectivity index (χ0v) is 17.8. The Morgan fingerprint density at radius 3 is 2.57 bits per heavy atom. The van der Waals surface area contributed by atoms with Gasteiger partial charge in [0.25, 0.3) is 5.91 Å². The molecule has 3 rings (SSSR count). The van der Waals surface area contributed by atoms with Gasteiger partial charge in [-0.05, 0) is 57.5 Å². The van der Waals surface area contributed by atoms with Crippen molar-refractivity contribution in [3.63, 3.8) is 0 Å². The molecule has 0 saturated heterocycles. The molecule has 1 amide bonds. The summed E-state index contributed by atoms with van der Waals surface area (Å²) in [4.78, 5) is 17.3. The number of benzene rings is 2. The van der Waals surface area contributed by atoms with E-state index >= 15 is 0 Å². The highest BCUT2D eigenvalue weighted by Gasteiger charge is 2.20. The minimum absolute atomic E-state index is 0.144. The Kier molecular flexibility index (Phi) is 5.67. The fraction of sp³-hybridized carbons (Fsp3) is 0.238. The fourth-order valence-electron chi connectivity index (χ4n) is 2.72. The Balaban J connectivity index is 1.83.